The van der Waals surface area contributed by atoms with Gasteiger partial charge in [-0.2, -0.15) is 4.31 Å². The Kier molecular flexibility index (Phi) is 5.67. The van der Waals surface area contributed by atoms with Crippen LogP contribution < -0.4 is 5.32 Å². The van der Waals surface area contributed by atoms with Gasteiger partial charge in [-0.05, 0) is 25.1 Å². The van der Waals surface area contributed by atoms with Crippen LogP contribution in [0.3, 0.4) is 0 Å². The van der Waals surface area contributed by atoms with Crippen LogP contribution in [0.1, 0.15) is 21.0 Å². The van der Waals surface area contributed by atoms with Crippen LogP contribution >= 0.6 is 22.9 Å². The number of nitrogens with zero attached hydrogens (tertiary/aromatic N) is 1. The highest BCUT2D eigenvalue weighted by Crippen LogP contribution is 2.31. The minimum Gasteiger partial charge on any atom is -0.449 e. The first-order valence-corrected chi connectivity index (χ1v) is 11.6. The number of para-hydroxylation sites is 1. The van der Waals surface area contributed by atoms with Gasteiger partial charge < -0.3 is 14.5 Å². The summed E-state index contributed by atoms with van der Waals surface area (Å²) in [5, 5.41) is 4.02. The van der Waals surface area contributed by atoms with Gasteiger partial charge in [0.25, 0.3) is 15.9 Å². The van der Waals surface area contributed by atoms with Crippen molar-refractivity contribution in [3.05, 3.63) is 51.6 Å². The van der Waals surface area contributed by atoms with E-state index in [-0.39, 0.29) is 22.4 Å². The van der Waals surface area contributed by atoms with Crippen LogP contribution in [0.25, 0.3) is 11.0 Å². The molecule has 0 saturated carbocycles. The van der Waals surface area contributed by atoms with Crippen molar-refractivity contribution in [3.63, 3.8) is 0 Å². The van der Waals surface area contributed by atoms with E-state index < -0.39 is 10.0 Å². The summed E-state index contributed by atoms with van der Waals surface area (Å²) in [7, 11) is -3.53. The van der Waals surface area contributed by atoms with Crippen molar-refractivity contribution < 1.29 is 22.4 Å². The second-order valence-corrected chi connectivity index (χ2v) is 10.3. The predicted octanol–water partition coefficient (Wildman–Crippen LogP) is 3.41. The van der Waals surface area contributed by atoms with Crippen LogP contribution in [0.5, 0.6) is 0 Å². The molecular formula is C19H19ClN2O5S2. The first-order valence-electron chi connectivity index (χ1n) is 9.00. The molecule has 1 aliphatic heterocycles. The molecule has 0 bridgehead atoms. The number of aryl methyl sites for hydroxylation is 1. The molecular weight excluding hydrogens is 436 g/mol. The predicted molar refractivity (Wildman–Crippen MR) is 111 cm³/mol. The third kappa shape index (κ3) is 3.93. The number of nitrogens with one attached hydrogen (secondary N) is 1. The van der Waals surface area contributed by atoms with Gasteiger partial charge in [0, 0.05) is 28.9 Å². The summed E-state index contributed by atoms with van der Waals surface area (Å²) in [4.78, 5) is 13.3. The van der Waals surface area contributed by atoms with Crippen molar-refractivity contribution in [2.75, 3.05) is 26.3 Å². The third-order valence-electron chi connectivity index (χ3n) is 4.75. The van der Waals surface area contributed by atoms with Crippen molar-refractivity contribution in [1.82, 2.24) is 9.62 Å². The Hall–Kier alpha value is -1.91. The highest BCUT2D eigenvalue weighted by Gasteiger charge is 2.28. The number of thiophene rings is 1. The molecule has 154 valence electrons. The zero-order valence-corrected chi connectivity index (χ0v) is 18.0. The number of morpholine rings is 1. The summed E-state index contributed by atoms with van der Waals surface area (Å²) in [5.41, 5.74) is 1.19. The molecule has 2 aromatic heterocycles. The average Bonchev–Trinajstić information content (AvgIpc) is 3.33. The molecule has 0 unspecified atom stereocenters. The number of ether oxygens (including phenoxy) is 1. The van der Waals surface area contributed by atoms with Gasteiger partial charge >= 0.3 is 0 Å². The molecule has 1 aliphatic rings. The maximum Gasteiger partial charge on any atom is 0.287 e. The van der Waals surface area contributed by atoms with E-state index in [1.165, 1.54) is 4.31 Å². The minimum atomic E-state index is -3.53. The summed E-state index contributed by atoms with van der Waals surface area (Å²) < 4.78 is 38.0. The number of amides is 1. The highest BCUT2D eigenvalue weighted by molar-refractivity contribution is 7.91. The van der Waals surface area contributed by atoms with Gasteiger partial charge in [-0.3, -0.25) is 4.79 Å². The molecule has 29 heavy (non-hydrogen) atoms. The van der Waals surface area contributed by atoms with Crippen molar-refractivity contribution in [1.29, 1.82) is 0 Å². The number of carbonyl (C=O) groups is 1. The van der Waals surface area contributed by atoms with Gasteiger partial charge in [0.15, 0.2) is 11.3 Å². The molecule has 0 radical (unpaired) electrons. The Morgan fingerprint density at radius 2 is 2.00 bits per heavy atom. The topological polar surface area (TPSA) is 88.9 Å². The van der Waals surface area contributed by atoms with Crippen LogP contribution in [0.4, 0.5) is 0 Å². The molecule has 0 aliphatic carbocycles. The summed E-state index contributed by atoms with van der Waals surface area (Å²) in [6.45, 7) is 3.49. The number of rotatable bonds is 5. The van der Waals surface area contributed by atoms with Gasteiger partial charge in [-0.1, -0.05) is 23.7 Å². The van der Waals surface area contributed by atoms with Crippen molar-refractivity contribution in [2.24, 2.45) is 0 Å². The van der Waals surface area contributed by atoms with Crippen LogP contribution in [0.2, 0.25) is 5.02 Å². The van der Waals surface area contributed by atoms with Crippen LogP contribution in [-0.4, -0.2) is 44.9 Å². The molecule has 1 N–H and O–H groups in total. The molecule has 7 nitrogen and oxygen atoms in total. The van der Waals surface area contributed by atoms with E-state index in [0.29, 0.717) is 42.5 Å². The van der Waals surface area contributed by atoms with Crippen molar-refractivity contribution in [3.8, 4) is 0 Å². The molecule has 3 aromatic rings. The van der Waals surface area contributed by atoms with Gasteiger partial charge in [0.05, 0.1) is 24.8 Å². The molecule has 3 heterocycles. The van der Waals surface area contributed by atoms with Crippen LogP contribution in [-0.2, 0) is 21.3 Å². The van der Waals surface area contributed by atoms with E-state index in [0.717, 1.165) is 21.6 Å². The smallest absolute Gasteiger partial charge is 0.287 e. The Labute approximate surface area is 177 Å². The third-order valence-corrected chi connectivity index (χ3v) is 8.50. The lowest BCUT2D eigenvalue weighted by Crippen LogP contribution is -2.40. The fourth-order valence-corrected chi connectivity index (χ4v) is 6.25. The summed E-state index contributed by atoms with van der Waals surface area (Å²) in [6, 6.07) is 8.64. The van der Waals surface area contributed by atoms with Gasteiger partial charge in [0.1, 0.15) is 4.21 Å². The van der Waals surface area contributed by atoms with Gasteiger partial charge in [-0.25, -0.2) is 8.42 Å². The minimum absolute atomic E-state index is 0.200. The Morgan fingerprint density at radius 1 is 1.24 bits per heavy atom. The number of furan rings is 1. The number of hydrogen-bond donors (Lipinski definition) is 1. The molecule has 0 spiro atoms. The van der Waals surface area contributed by atoms with E-state index in [1.54, 1.807) is 31.2 Å². The Morgan fingerprint density at radius 3 is 2.72 bits per heavy atom. The number of benzene rings is 1. The molecule has 1 amide bonds. The monoisotopic (exact) mass is 454 g/mol. The molecule has 0 atom stereocenters. The zero-order chi connectivity index (χ0) is 20.6. The summed E-state index contributed by atoms with van der Waals surface area (Å²) in [6.07, 6.45) is 0. The Balaban J connectivity index is 1.47. The maximum absolute atomic E-state index is 12.7. The molecule has 4 rings (SSSR count). The molecule has 1 saturated heterocycles. The van der Waals surface area contributed by atoms with Crippen molar-refractivity contribution in [2.45, 2.75) is 17.7 Å². The maximum atomic E-state index is 12.7. The number of hydrogen-bond acceptors (Lipinski definition) is 6. The van der Waals surface area contributed by atoms with E-state index in [4.69, 9.17) is 20.8 Å². The summed E-state index contributed by atoms with van der Waals surface area (Å²) in [5.74, 6) is -0.174. The normalized spacial score (nSPS) is 15.7. The second-order valence-electron chi connectivity index (χ2n) is 6.59. The van der Waals surface area contributed by atoms with E-state index in [9.17, 15) is 13.2 Å². The lowest BCUT2D eigenvalue weighted by atomic mass is 10.1. The lowest BCUT2D eigenvalue weighted by molar-refractivity contribution is 0.0731. The summed E-state index contributed by atoms with van der Waals surface area (Å²) >= 11 is 7.28. The van der Waals surface area contributed by atoms with Crippen LogP contribution in [0.15, 0.2) is 39.0 Å². The number of fused-ring (bicyclic) bond motifs is 1. The molecule has 10 heteroatoms. The van der Waals surface area contributed by atoms with E-state index >= 15 is 0 Å². The van der Waals surface area contributed by atoms with E-state index in [1.807, 2.05) is 6.07 Å². The number of halogens is 1. The fraction of sp³-hybridized carbons (Fsp3) is 0.316. The highest BCUT2D eigenvalue weighted by atomic mass is 35.5. The average molecular weight is 455 g/mol. The quantitative estimate of drug-likeness (QED) is 0.638. The standard InChI is InChI=1S/C19H19ClN2O5S2/c1-12-14-3-2-4-15(20)18(14)27-17(12)19(23)21-11-13-5-6-16(28-13)29(24,25)22-7-9-26-10-8-22/h2-6H,7-11H2,1H3,(H,21,23). The number of carbonyl (C=O) groups excluding carboxylic acids is 1. The fourth-order valence-electron chi connectivity index (χ4n) is 3.18. The van der Waals surface area contributed by atoms with Gasteiger partial charge in [-0.15, -0.1) is 11.3 Å². The lowest BCUT2D eigenvalue weighted by Gasteiger charge is -2.25. The molecule has 1 fully saturated rings. The van der Waals surface area contributed by atoms with Crippen LogP contribution in [0, 0.1) is 6.92 Å². The first-order chi connectivity index (χ1) is 13.9. The van der Waals surface area contributed by atoms with Crippen molar-refractivity contribution >= 4 is 49.8 Å². The van der Waals surface area contributed by atoms with Gasteiger partial charge in [0.2, 0.25) is 0 Å². The SMILES string of the molecule is Cc1c(C(=O)NCc2ccc(S(=O)(=O)N3CCOCC3)s2)oc2c(Cl)cccc12. The Bertz CT molecular complexity index is 1160. The number of sulfonamides is 1. The van der Waals surface area contributed by atoms with E-state index in [2.05, 4.69) is 5.32 Å². The first kappa shape index (κ1) is 20.4. The molecule has 1 aromatic carbocycles. The zero-order valence-electron chi connectivity index (χ0n) is 15.6. The second kappa shape index (κ2) is 8.08. The largest absolute Gasteiger partial charge is 0.449 e.